The van der Waals surface area contributed by atoms with Gasteiger partial charge in [-0.1, -0.05) is 18.2 Å². The minimum atomic E-state index is -1.31. The minimum Gasteiger partial charge on any atom is -0.386 e. The molecular formula is C22H23F3N2O3. The van der Waals surface area contributed by atoms with E-state index in [9.17, 15) is 27.9 Å². The number of carbonyl (C=O) groups is 2. The summed E-state index contributed by atoms with van der Waals surface area (Å²) < 4.78 is 39.7. The van der Waals surface area contributed by atoms with E-state index in [0.717, 1.165) is 12.1 Å². The average molecular weight is 420 g/mol. The highest BCUT2D eigenvalue weighted by molar-refractivity contribution is 5.82. The van der Waals surface area contributed by atoms with E-state index in [-0.39, 0.29) is 42.7 Å². The lowest BCUT2D eigenvalue weighted by Gasteiger charge is -2.32. The fourth-order valence-corrected chi connectivity index (χ4v) is 3.53. The van der Waals surface area contributed by atoms with Crippen LogP contribution in [0, 0.1) is 23.4 Å². The van der Waals surface area contributed by atoms with Gasteiger partial charge in [0.2, 0.25) is 11.8 Å². The molecule has 0 bridgehead atoms. The van der Waals surface area contributed by atoms with Crippen molar-refractivity contribution in [1.29, 1.82) is 0 Å². The summed E-state index contributed by atoms with van der Waals surface area (Å²) in [4.78, 5) is 26.6. The van der Waals surface area contributed by atoms with Gasteiger partial charge < -0.3 is 15.3 Å². The van der Waals surface area contributed by atoms with Crippen molar-refractivity contribution < 1.29 is 27.9 Å². The van der Waals surface area contributed by atoms with E-state index >= 15 is 0 Å². The van der Waals surface area contributed by atoms with Crippen LogP contribution in [0.15, 0.2) is 42.5 Å². The van der Waals surface area contributed by atoms with Gasteiger partial charge in [-0.25, -0.2) is 13.2 Å². The van der Waals surface area contributed by atoms with Gasteiger partial charge in [0.15, 0.2) is 0 Å². The molecule has 0 spiro atoms. The Hall–Kier alpha value is -2.87. The fraction of sp³-hybridized carbons (Fsp3) is 0.364. The zero-order valence-corrected chi connectivity index (χ0v) is 16.3. The van der Waals surface area contributed by atoms with Crippen LogP contribution in [0.3, 0.4) is 0 Å². The van der Waals surface area contributed by atoms with Gasteiger partial charge in [0.25, 0.3) is 0 Å². The molecule has 0 radical (unpaired) electrons. The van der Waals surface area contributed by atoms with Crippen LogP contribution in [-0.2, 0) is 16.0 Å². The van der Waals surface area contributed by atoms with Crippen molar-refractivity contribution in [3.8, 4) is 0 Å². The lowest BCUT2D eigenvalue weighted by Crippen LogP contribution is -2.46. The molecule has 1 fully saturated rings. The van der Waals surface area contributed by atoms with Crippen LogP contribution >= 0.6 is 0 Å². The second kappa shape index (κ2) is 9.75. The highest BCUT2D eigenvalue weighted by Crippen LogP contribution is 2.20. The molecule has 30 heavy (non-hydrogen) atoms. The van der Waals surface area contributed by atoms with Crippen LogP contribution in [0.2, 0.25) is 0 Å². The van der Waals surface area contributed by atoms with Crippen LogP contribution in [0.5, 0.6) is 0 Å². The first-order valence-corrected chi connectivity index (χ1v) is 9.76. The van der Waals surface area contributed by atoms with Gasteiger partial charge in [-0.15, -0.1) is 0 Å². The number of nitrogens with zero attached hydrogens (tertiary/aromatic N) is 1. The van der Waals surface area contributed by atoms with Crippen molar-refractivity contribution in [3.63, 3.8) is 0 Å². The number of aliphatic hydroxyl groups excluding tert-OH is 1. The molecule has 1 saturated heterocycles. The van der Waals surface area contributed by atoms with Crippen molar-refractivity contribution in [3.05, 3.63) is 71.0 Å². The van der Waals surface area contributed by atoms with Crippen molar-refractivity contribution in [1.82, 2.24) is 10.2 Å². The maximum Gasteiger partial charge on any atom is 0.227 e. The van der Waals surface area contributed by atoms with Crippen LogP contribution in [-0.4, -0.2) is 41.5 Å². The molecule has 2 amide bonds. The lowest BCUT2D eigenvalue weighted by molar-refractivity contribution is -0.135. The second-order valence-electron chi connectivity index (χ2n) is 7.41. The number of carbonyl (C=O) groups excluding carboxylic acids is 2. The molecule has 2 aromatic carbocycles. The number of rotatable bonds is 6. The van der Waals surface area contributed by atoms with Crippen LogP contribution in [0.4, 0.5) is 13.2 Å². The van der Waals surface area contributed by atoms with E-state index in [0.29, 0.717) is 31.0 Å². The molecule has 5 nitrogen and oxygen atoms in total. The maximum atomic E-state index is 13.7. The zero-order valence-electron chi connectivity index (χ0n) is 16.3. The summed E-state index contributed by atoms with van der Waals surface area (Å²) in [5.41, 5.74) is 0.592. The Morgan fingerprint density at radius 3 is 2.50 bits per heavy atom. The number of halogens is 3. The van der Waals surface area contributed by atoms with Gasteiger partial charge >= 0.3 is 0 Å². The van der Waals surface area contributed by atoms with E-state index in [1.54, 1.807) is 17.0 Å². The predicted octanol–water partition coefficient (Wildman–Crippen LogP) is 2.73. The number of piperidine rings is 1. The van der Waals surface area contributed by atoms with Gasteiger partial charge in [-0.2, -0.15) is 0 Å². The molecule has 3 rings (SSSR count). The van der Waals surface area contributed by atoms with Crippen molar-refractivity contribution >= 4 is 11.8 Å². The van der Waals surface area contributed by atoms with Gasteiger partial charge in [-0.05, 0) is 36.6 Å². The number of hydrogen-bond donors (Lipinski definition) is 2. The highest BCUT2D eigenvalue weighted by atomic mass is 19.1. The van der Waals surface area contributed by atoms with Crippen LogP contribution < -0.4 is 5.32 Å². The Kier molecular flexibility index (Phi) is 7.10. The summed E-state index contributed by atoms with van der Waals surface area (Å²) >= 11 is 0. The van der Waals surface area contributed by atoms with Crippen molar-refractivity contribution in [2.24, 2.45) is 5.92 Å². The first-order valence-electron chi connectivity index (χ1n) is 9.76. The van der Waals surface area contributed by atoms with Gasteiger partial charge in [-0.3, -0.25) is 9.59 Å². The van der Waals surface area contributed by atoms with Gasteiger partial charge in [0.1, 0.15) is 17.5 Å². The Labute approximate surface area is 172 Å². The Balaban J connectivity index is 1.52. The minimum absolute atomic E-state index is 0.101. The maximum absolute atomic E-state index is 13.7. The number of hydrogen-bond acceptors (Lipinski definition) is 3. The zero-order chi connectivity index (χ0) is 21.7. The SMILES string of the molecule is O=C(NCC(O)c1ccc(F)cc1F)C1CCCN(C(=O)Cc2ccc(F)cc2)C1. The van der Waals surface area contributed by atoms with Crippen molar-refractivity contribution in [2.45, 2.75) is 25.4 Å². The van der Waals surface area contributed by atoms with Gasteiger partial charge in [0.05, 0.1) is 18.4 Å². The summed E-state index contributed by atoms with van der Waals surface area (Å²) in [7, 11) is 0. The van der Waals surface area contributed by atoms with E-state index in [1.807, 2.05) is 0 Å². The molecule has 0 aliphatic carbocycles. The molecule has 2 unspecified atom stereocenters. The third kappa shape index (κ3) is 5.60. The van der Waals surface area contributed by atoms with Gasteiger partial charge in [0, 0.05) is 31.3 Å². The first kappa shape index (κ1) is 21.8. The van der Waals surface area contributed by atoms with Crippen molar-refractivity contribution in [2.75, 3.05) is 19.6 Å². The molecule has 160 valence electrons. The Morgan fingerprint density at radius 2 is 1.80 bits per heavy atom. The average Bonchev–Trinajstić information content (AvgIpc) is 2.73. The highest BCUT2D eigenvalue weighted by Gasteiger charge is 2.28. The molecule has 0 saturated carbocycles. The number of nitrogens with one attached hydrogen (secondary N) is 1. The number of aliphatic hydroxyl groups is 1. The van der Waals surface area contributed by atoms with E-state index < -0.39 is 23.7 Å². The topological polar surface area (TPSA) is 69.6 Å². The van der Waals surface area contributed by atoms with E-state index in [4.69, 9.17) is 0 Å². The van der Waals surface area contributed by atoms with E-state index in [1.165, 1.54) is 12.1 Å². The number of likely N-dealkylation sites (tertiary alicyclic amines) is 1. The van der Waals surface area contributed by atoms with Crippen LogP contribution in [0.1, 0.15) is 30.1 Å². The molecule has 1 aliphatic heterocycles. The molecule has 2 aromatic rings. The summed E-state index contributed by atoms with van der Waals surface area (Å²) in [6.45, 7) is 0.557. The quantitative estimate of drug-likeness (QED) is 0.755. The third-order valence-corrected chi connectivity index (χ3v) is 5.20. The fourth-order valence-electron chi connectivity index (χ4n) is 3.53. The standard InChI is InChI=1S/C22H23F3N2O3/c23-16-5-3-14(4-6-16)10-21(29)27-9-1-2-15(13-27)22(30)26-12-20(28)18-8-7-17(24)11-19(18)25/h3-8,11,15,20,28H,1-2,9-10,12-13H2,(H,26,30). The second-order valence-corrected chi connectivity index (χ2v) is 7.41. The molecule has 1 aliphatic rings. The normalized spacial score (nSPS) is 17.5. The molecule has 2 atom stereocenters. The summed E-state index contributed by atoms with van der Waals surface area (Å²) in [5, 5.41) is 12.7. The first-order chi connectivity index (χ1) is 14.3. The summed E-state index contributed by atoms with van der Waals surface area (Å²) in [6.07, 6.45) is 0.0570. The third-order valence-electron chi connectivity index (χ3n) is 5.20. The summed E-state index contributed by atoms with van der Waals surface area (Å²) in [5.74, 6) is -2.93. The number of benzene rings is 2. The van der Waals surface area contributed by atoms with E-state index in [2.05, 4.69) is 5.32 Å². The molecule has 8 heteroatoms. The lowest BCUT2D eigenvalue weighted by atomic mass is 9.96. The Bertz CT molecular complexity index is 905. The molecule has 0 aromatic heterocycles. The number of amides is 2. The molecule has 1 heterocycles. The molecule has 2 N–H and O–H groups in total. The Morgan fingerprint density at radius 1 is 1.10 bits per heavy atom. The summed E-state index contributed by atoms with van der Waals surface area (Å²) in [6, 6.07) is 8.54. The largest absolute Gasteiger partial charge is 0.386 e. The predicted molar refractivity (Wildman–Crippen MR) is 104 cm³/mol. The smallest absolute Gasteiger partial charge is 0.227 e. The monoisotopic (exact) mass is 420 g/mol. The molecular weight excluding hydrogens is 397 g/mol. The van der Waals surface area contributed by atoms with Crippen LogP contribution in [0.25, 0.3) is 0 Å².